The smallest absolute Gasteiger partial charge is 0.264 e. The normalized spacial score (nSPS) is 20.1. The maximum absolute atomic E-state index is 13.9. The van der Waals surface area contributed by atoms with Crippen LogP contribution in [-0.4, -0.2) is 29.8 Å². The van der Waals surface area contributed by atoms with Crippen molar-refractivity contribution in [3.8, 4) is 0 Å². The molecule has 0 N–H and O–H groups in total. The van der Waals surface area contributed by atoms with E-state index in [-0.39, 0.29) is 23.7 Å². The summed E-state index contributed by atoms with van der Waals surface area (Å²) in [6.45, 7) is 3.04. The van der Waals surface area contributed by atoms with Crippen molar-refractivity contribution in [3.63, 3.8) is 0 Å². The zero-order chi connectivity index (χ0) is 21.6. The minimum absolute atomic E-state index is 0.0198. The van der Waals surface area contributed by atoms with E-state index >= 15 is 0 Å². The van der Waals surface area contributed by atoms with Crippen LogP contribution in [0.25, 0.3) is 0 Å². The number of piperidine rings is 1. The number of hydrogen-bond acceptors (Lipinski definition) is 3. The van der Waals surface area contributed by atoms with E-state index in [0.29, 0.717) is 31.6 Å². The van der Waals surface area contributed by atoms with Gasteiger partial charge >= 0.3 is 0 Å². The Bertz CT molecular complexity index is 1140. The number of anilines is 1. The first-order chi connectivity index (χ1) is 15.0. The molecule has 3 heterocycles. The minimum atomic E-state index is -0.561. The third kappa shape index (κ3) is 3.17. The molecule has 2 aromatic carbocycles. The van der Waals surface area contributed by atoms with Gasteiger partial charge in [-0.2, -0.15) is 0 Å². The summed E-state index contributed by atoms with van der Waals surface area (Å²) in [4.78, 5) is 30.8. The van der Waals surface area contributed by atoms with E-state index in [1.54, 1.807) is 17.0 Å². The first-order valence-electron chi connectivity index (χ1n) is 10.5. The van der Waals surface area contributed by atoms with Crippen molar-refractivity contribution >= 4 is 28.8 Å². The summed E-state index contributed by atoms with van der Waals surface area (Å²) in [5, 5.41) is 1.94. The van der Waals surface area contributed by atoms with Crippen LogP contribution in [0, 0.1) is 18.2 Å². The van der Waals surface area contributed by atoms with Gasteiger partial charge in [0.25, 0.3) is 5.91 Å². The maximum atomic E-state index is 13.9. The van der Waals surface area contributed by atoms with Gasteiger partial charge in [0, 0.05) is 18.8 Å². The molecule has 1 spiro atoms. The molecule has 5 rings (SSSR count). The highest BCUT2D eigenvalue weighted by Gasteiger charge is 2.62. The van der Waals surface area contributed by atoms with Gasteiger partial charge in [-0.3, -0.25) is 9.59 Å². The van der Waals surface area contributed by atoms with Gasteiger partial charge in [-0.15, -0.1) is 11.3 Å². The molecule has 2 aliphatic heterocycles. The van der Waals surface area contributed by atoms with Crippen molar-refractivity contribution < 1.29 is 14.0 Å². The SMILES string of the molecule is Cc1ccsc1C(=O)N1CCC2(CC1)C(=O)N(c1cccc(F)c1)C2c1ccccc1. The van der Waals surface area contributed by atoms with Crippen LogP contribution in [-0.2, 0) is 4.79 Å². The molecule has 1 aromatic heterocycles. The van der Waals surface area contributed by atoms with E-state index in [9.17, 15) is 14.0 Å². The fourth-order valence-electron chi connectivity index (χ4n) is 4.98. The molecule has 31 heavy (non-hydrogen) atoms. The van der Waals surface area contributed by atoms with E-state index in [1.165, 1.54) is 23.5 Å². The summed E-state index contributed by atoms with van der Waals surface area (Å²) in [5.41, 5.74) is 2.06. The second kappa shape index (κ2) is 7.61. The van der Waals surface area contributed by atoms with E-state index in [2.05, 4.69) is 0 Å². The third-order valence-electron chi connectivity index (χ3n) is 6.63. The lowest BCUT2D eigenvalue weighted by atomic mass is 9.62. The Morgan fingerprint density at radius 1 is 1.06 bits per heavy atom. The van der Waals surface area contributed by atoms with Crippen molar-refractivity contribution in [2.75, 3.05) is 18.0 Å². The van der Waals surface area contributed by atoms with E-state index < -0.39 is 5.41 Å². The van der Waals surface area contributed by atoms with Gasteiger partial charge in [0.05, 0.1) is 16.3 Å². The molecular weight excluding hydrogens is 411 g/mol. The number of amides is 2. The van der Waals surface area contributed by atoms with Crippen molar-refractivity contribution in [1.82, 2.24) is 4.90 Å². The molecule has 0 radical (unpaired) electrons. The fraction of sp³-hybridized carbons (Fsp3) is 0.280. The Kier molecular flexibility index (Phi) is 4.89. The second-order valence-corrected chi connectivity index (χ2v) is 9.27. The molecule has 3 aromatic rings. The Hall–Kier alpha value is -2.99. The summed E-state index contributed by atoms with van der Waals surface area (Å²) in [7, 11) is 0. The lowest BCUT2D eigenvalue weighted by molar-refractivity contribution is -0.144. The van der Waals surface area contributed by atoms with Crippen LogP contribution in [0.1, 0.15) is 39.7 Å². The van der Waals surface area contributed by atoms with Crippen molar-refractivity contribution in [2.24, 2.45) is 5.41 Å². The number of thiophene rings is 1. The van der Waals surface area contributed by atoms with Gasteiger partial charge < -0.3 is 9.80 Å². The first-order valence-corrected chi connectivity index (χ1v) is 11.4. The van der Waals surface area contributed by atoms with E-state index in [4.69, 9.17) is 0 Å². The molecule has 1 unspecified atom stereocenters. The Morgan fingerprint density at radius 2 is 1.81 bits per heavy atom. The molecule has 0 saturated carbocycles. The maximum Gasteiger partial charge on any atom is 0.264 e. The molecule has 1 atom stereocenters. The highest BCUT2D eigenvalue weighted by atomic mass is 32.1. The zero-order valence-corrected chi connectivity index (χ0v) is 18.1. The number of hydrogen-bond donors (Lipinski definition) is 0. The van der Waals surface area contributed by atoms with Crippen molar-refractivity contribution in [3.05, 3.63) is 87.9 Å². The van der Waals surface area contributed by atoms with E-state index in [0.717, 1.165) is 16.0 Å². The molecule has 2 amide bonds. The largest absolute Gasteiger partial charge is 0.338 e. The molecule has 6 heteroatoms. The average molecular weight is 435 g/mol. The van der Waals surface area contributed by atoms with Gasteiger partial charge in [0.1, 0.15) is 5.82 Å². The monoisotopic (exact) mass is 434 g/mol. The summed E-state index contributed by atoms with van der Waals surface area (Å²) in [6.07, 6.45) is 1.21. The quantitative estimate of drug-likeness (QED) is 0.531. The summed E-state index contributed by atoms with van der Waals surface area (Å²) in [6, 6.07) is 17.9. The first kappa shape index (κ1) is 19.9. The number of aryl methyl sites for hydroxylation is 1. The zero-order valence-electron chi connectivity index (χ0n) is 17.3. The third-order valence-corrected chi connectivity index (χ3v) is 7.63. The van der Waals surface area contributed by atoms with Crippen LogP contribution >= 0.6 is 11.3 Å². The van der Waals surface area contributed by atoms with Gasteiger partial charge in [0.15, 0.2) is 0 Å². The standard InChI is InChI=1S/C25H23FN2O2S/c1-17-10-15-31-21(17)23(29)27-13-11-25(12-14-27)22(18-6-3-2-4-7-18)28(24(25)30)20-9-5-8-19(26)16-20/h2-10,15-16,22H,11-14H2,1H3. The number of nitrogens with zero attached hydrogens (tertiary/aromatic N) is 2. The Morgan fingerprint density at radius 3 is 2.45 bits per heavy atom. The lowest BCUT2D eigenvalue weighted by Crippen LogP contribution is -2.67. The van der Waals surface area contributed by atoms with Gasteiger partial charge in [-0.1, -0.05) is 36.4 Å². The van der Waals surface area contributed by atoms with Crippen LogP contribution in [0.3, 0.4) is 0 Å². The minimum Gasteiger partial charge on any atom is -0.338 e. The topological polar surface area (TPSA) is 40.6 Å². The van der Waals surface area contributed by atoms with Gasteiger partial charge in [-0.25, -0.2) is 4.39 Å². The molecule has 2 saturated heterocycles. The molecule has 0 aliphatic carbocycles. The predicted octanol–water partition coefficient (Wildman–Crippen LogP) is 5.21. The van der Waals surface area contributed by atoms with Crippen LogP contribution < -0.4 is 4.90 Å². The number of benzene rings is 2. The molecular formula is C25H23FN2O2S. The highest BCUT2D eigenvalue weighted by Crippen LogP contribution is 2.57. The molecule has 4 nitrogen and oxygen atoms in total. The number of β-lactam (4-membered cyclic amide) rings is 1. The van der Waals surface area contributed by atoms with Crippen LogP contribution in [0.5, 0.6) is 0 Å². The molecule has 2 fully saturated rings. The average Bonchev–Trinajstić information content (AvgIpc) is 3.23. The highest BCUT2D eigenvalue weighted by molar-refractivity contribution is 7.12. The second-order valence-electron chi connectivity index (χ2n) is 8.35. The molecule has 158 valence electrons. The predicted molar refractivity (Wildman–Crippen MR) is 120 cm³/mol. The van der Waals surface area contributed by atoms with E-state index in [1.807, 2.05) is 53.6 Å². The lowest BCUT2D eigenvalue weighted by Gasteiger charge is -2.59. The number of likely N-dealkylation sites (tertiary alicyclic amines) is 1. The van der Waals surface area contributed by atoms with Crippen LogP contribution in [0.2, 0.25) is 0 Å². The van der Waals surface area contributed by atoms with Crippen molar-refractivity contribution in [1.29, 1.82) is 0 Å². The summed E-state index contributed by atoms with van der Waals surface area (Å²) < 4.78 is 13.9. The fourth-order valence-corrected chi connectivity index (χ4v) is 5.87. The van der Waals surface area contributed by atoms with Crippen molar-refractivity contribution in [2.45, 2.75) is 25.8 Å². The Balaban J connectivity index is 1.44. The molecule has 0 bridgehead atoms. The van der Waals surface area contributed by atoms with Gasteiger partial charge in [0.2, 0.25) is 5.91 Å². The number of halogens is 1. The molecule has 2 aliphatic rings. The summed E-state index contributed by atoms with van der Waals surface area (Å²) in [5.74, 6) is -0.288. The van der Waals surface area contributed by atoms with Crippen LogP contribution in [0.4, 0.5) is 10.1 Å². The number of rotatable bonds is 3. The Labute approximate surface area is 184 Å². The number of carbonyl (C=O) groups excluding carboxylic acids is 2. The summed E-state index contributed by atoms with van der Waals surface area (Å²) >= 11 is 1.47. The van der Waals surface area contributed by atoms with Gasteiger partial charge in [-0.05, 0) is 60.5 Å². The number of carbonyl (C=O) groups is 2. The van der Waals surface area contributed by atoms with Crippen LogP contribution in [0.15, 0.2) is 66.0 Å².